The van der Waals surface area contributed by atoms with E-state index in [1.165, 1.54) is 17.1 Å². The minimum Gasteiger partial charge on any atom is -0.480 e. The van der Waals surface area contributed by atoms with Gasteiger partial charge in [-0.05, 0) is 5.56 Å². The molecule has 1 amide bonds. The predicted octanol–water partition coefficient (Wildman–Crippen LogP) is 0.846. The topological polar surface area (TPSA) is 84.2 Å². The van der Waals surface area contributed by atoms with E-state index in [1.54, 1.807) is 7.05 Å². The molecule has 1 aromatic carbocycles. The molecule has 1 unspecified atom stereocenters. The molecule has 1 atom stereocenters. The highest BCUT2D eigenvalue weighted by molar-refractivity contribution is 5.96. The minimum atomic E-state index is -1.06. The van der Waals surface area contributed by atoms with Crippen LogP contribution < -0.4 is 5.32 Å². The number of aryl methyl sites for hydroxylation is 1. The first-order valence-electron chi connectivity index (χ1n) is 6.12. The number of carboxylic acid groups (broad SMARTS) is 1. The number of nitrogens with one attached hydrogen (secondary N) is 1. The summed E-state index contributed by atoms with van der Waals surface area (Å²) in [5.74, 6) is -1.51. The van der Waals surface area contributed by atoms with Crippen LogP contribution in [0.3, 0.4) is 0 Å². The van der Waals surface area contributed by atoms with Gasteiger partial charge in [0, 0.05) is 19.7 Å². The summed E-state index contributed by atoms with van der Waals surface area (Å²) < 4.78 is 1.49. The van der Waals surface area contributed by atoms with Crippen LogP contribution in [0.2, 0.25) is 0 Å². The van der Waals surface area contributed by atoms with Gasteiger partial charge in [-0.3, -0.25) is 9.48 Å². The van der Waals surface area contributed by atoms with Gasteiger partial charge in [0.2, 0.25) is 0 Å². The van der Waals surface area contributed by atoms with Crippen molar-refractivity contribution in [3.63, 3.8) is 0 Å². The van der Waals surface area contributed by atoms with Crippen LogP contribution in [0.4, 0.5) is 0 Å². The van der Waals surface area contributed by atoms with Crippen molar-refractivity contribution in [2.45, 2.75) is 12.5 Å². The first-order chi connectivity index (χ1) is 9.56. The lowest BCUT2D eigenvalue weighted by Gasteiger charge is -2.13. The zero-order chi connectivity index (χ0) is 14.5. The van der Waals surface area contributed by atoms with Gasteiger partial charge in [0.05, 0.1) is 11.8 Å². The molecule has 0 radical (unpaired) electrons. The SMILES string of the molecule is Cn1cc(C(=O)NC(Cc2ccccc2)C(=O)O)cn1. The van der Waals surface area contributed by atoms with Crippen molar-refractivity contribution in [2.75, 3.05) is 0 Å². The van der Waals surface area contributed by atoms with E-state index >= 15 is 0 Å². The fourth-order valence-corrected chi connectivity index (χ4v) is 1.83. The number of nitrogens with zero attached hydrogens (tertiary/aromatic N) is 2. The zero-order valence-electron chi connectivity index (χ0n) is 11.0. The van der Waals surface area contributed by atoms with Crippen molar-refractivity contribution in [3.8, 4) is 0 Å². The third kappa shape index (κ3) is 3.44. The molecule has 0 bridgehead atoms. The number of amides is 1. The number of rotatable bonds is 5. The van der Waals surface area contributed by atoms with Crippen molar-refractivity contribution < 1.29 is 14.7 Å². The summed E-state index contributed by atoms with van der Waals surface area (Å²) in [7, 11) is 1.69. The number of aliphatic carboxylic acids is 1. The summed E-state index contributed by atoms with van der Waals surface area (Å²) in [5.41, 5.74) is 1.19. The van der Waals surface area contributed by atoms with Crippen LogP contribution in [0.5, 0.6) is 0 Å². The van der Waals surface area contributed by atoms with Gasteiger partial charge in [0.25, 0.3) is 5.91 Å². The molecule has 20 heavy (non-hydrogen) atoms. The lowest BCUT2D eigenvalue weighted by Crippen LogP contribution is -2.42. The Kier molecular flexibility index (Phi) is 4.14. The third-order valence-corrected chi connectivity index (χ3v) is 2.85. The zero-order valence-corrected chi connectivity index (χ0v) is 11.0. The standard InChI is InChI=1S/C14H15N3O3/c1-17-9-11(8-15-17)13(18)16-12(14(19)20)7-10-5-3-2-4-6-10/h2-6,8-9,12H,7H2,1H3,(H,16,18)(H,19,20). The maximum atomic E-state index is 11.9. The van der Waals surface area contributed by atoms with Crippen molar-refractivity contribution >= 4 is 11.9 Å². The Morgan fingerprint density at radius 3 is 2.60 bits per heavy atom. The molecule has 1 heterocycles. The second-order valence-electron chi connectivity index (χ2n) is 4.46. The summed E-state index contributed by atoms with van der Waals surface area (Å²) in [4.78, 5) is 23.2. The number of aromatic nitrogens is 2. The number of hydrogen-bond donors (Lipinski definition) is 2. The molecule has 2 aromatic rings. The minimum absolute atomic E-state index is 0.238. The van der Waals surface area contributed by atoms with Crippen LogP contribution in [-0.4, -0.2) is 32.8 Å². The van der Waals surface area contributed by atoms with E-state index in [0.717, 1.165) is 5.56 Å². The van der Waals surface area contributed by atoms with Gasteiger partial charge in [-0.1, -0.05) is 30.3 Å². The van der Waals surface area contributed by atoms with Gasteiger partial charge in [-0.25, -0.2) is 4.79 Å². The molecule has 6 heteroatoms. The molecule has 6 nitrogen and oxygen atoms in total. The normalized spacial score (nSPS) is 11.8. The first-order valence-corrected chi connectivity index (χ1v) is 6.12. The van der Waals surface area contributed by atoms with E-state index in [4.69, 9.17) is 0 Å². The molecule has 0 aliphatic rings. The lowest BCUT2D eigenvalue weighted by molar-refractivity contribution is -0.139. The molecule has 0 aliphatic carbocycles. The van der Waals surface area contributed by atoms with Crippen molar-refractivity contribution in [3.05, 3.63) is 53.9 Å². The Balaban J connectivity index is 2.06. The number of benzene rings is 1. The second kappa shape index (κ2) is 6.01. The predicted molar refractivity (Wildman–Crippen MR) is 72.2 cm³/mol. The monoisotopic (exact) mass is 273 g/mol. The second-order valence-corrected chi connectivity index (χ2v) is 4.46. The summed E-state index contributed by atoms with van der Waals surface area (Å²) in [6, 6.07) is 8.20. The Morgan fingerprint density at radius 2 is 2.05 bits per heavy atom. The van der Waals surface area contributed by atoms with Crippen molar-refractivity contribution in [2.24, 2.45) is 7.05 Å². The quantitative estimate of drug-likeness (QED) is 0.845. The van der Waals surface area contributed by atoms with Crippen molar-refractivity contribution in [1.82, 2.24) is 15.1 Å². The van der Waals surface area contributed by atoms with Gasteiger partial charge < -0.3 is 10.4 Å². The van der Waals surface area contributed by atoms with Crippen LogP contribution in [0.15, 0.2) is 42.7 Å². The van der Waals surface area contributed by atoms with E-state index in [2.05, 4.69) is 10.4 Å². The maximum absolute atomic E-state index is 11.9. The Morgan fingerprint density at radius 1 is 1.35 bits per heavy atom. The van der Waals surface area contributed by atoms with Gasteiger partial charge in [-0.2, -0.15) is 5.10 Å². The van der Waals surface area contributed by atoms with E-state index in [0.29, 0.717) is 5.56 Å². The van der Waals surface area contributed by atoms with Gasteiger partial charge in [0.15, 0.2) is 0 Å². The van der Waals surface area contributed by atoms with E-state index in [9.17, 15) is 14.7 Å². The molecule has 0 saturated carbocycles. The van der Waals surface area contributed by atoms with Gasteiger partial charge in [0.1, 0.15) is 6.04 Å². The summed E-state index contributed by atoms with van der Waals surface area (Å²) >= 11 is 0. The van der Waals surface area contributed by atoms with Crippen LogP contribution in [-0.2, 0) is 18.3 Å². The fraction of sp³-hybridized carbons (Fsp3) is 0.214. The van der Waals surface area contributed by atoms with Crippen LogP contribution in [0.1, 0.15) is 15.9 Å². The molecule has 0 aliphatic heterocycles. The number of carbonyl (C=O) groups excluding carboxylic acids is 1. The van der Waals surface area contributed by atoms with Gasteiger partial charge in [-0.15, -0.1) is 0 Å². The van der Waals surface area contributed by atoms with Crippen LogP contribution in [0.25, 0.3) is 0 Å². The molecular formula is C14H15N3O3. The largest absolute Gasteiger partial charge is 0.480 e. The van der Waals surface area contributed by atoms with E-state index in [-0.39, 0.29) is 6.42 Å². The molecule has 1 aromatic heterocycles. The molecule has 2 rings (SSSR count). The molecular weight excluding hydrogens is 258 g/mol. The van der Waals surface area contributed by atoms with E-state index < -0.39 is 17.9 Å². The first kappa shape index (κ1) is 13.8. The van der Waals surface area contributed by atoms with Gasteiger partial charge >= 0.3 is 5.97 Å². The van der Waals surface area contributed by atoms with Crippen LogP contribution in [0, 0.1) is 0 Å². The Hall–Kier alpha value is -2.63. The average molecular weight is 273 g/mol. The molecule has 0 saturated heterocycles. The lowest BCUT2D eigenvalue weighted by atomic mass is 10.1. The fourth-order valence-electron chi connectivity index (χ4n) is 1.83. The Labute approximate surface area is 116 Å². The molecule has 0 spiro atoms. The summed E-state index contributed by atoms with van der Waals surface area (Å²) in [5, 5.41) is 15.6. The highest BCUT2D eigenvalue weighted by Gasteiger charge is 2.21. The molecule has 2 N–H and O–H groups in total. The summed E-state index contributed by atoms with van der Waals surface area (Å²) in [6.45, 7) is 0. The van der Waals surface area contributed by atoms with Crippen LogP contribution >= 0.6 is 0 Å². The molecule has 0 fully saturated rings. The maximum Gasteiger partial charge on any atom is 0.326 e. The number of carboxylic acids is 1. The third-order valence-electron chi connectivity index (χ3n) is 2.85. The van der Waals surface area contributed by atoms with Crippen molar-refractivity contribution in [1.29, 1.82) is 0 Å². The molecule has 104 valence electrons. The smallest absolute Gasteiger partial charge is 0.326 e. The highest BCUT2D eigenvalue weighted by atomic mass is 16.4. The average Bonchev–Trinajstić information content (AvgIpc) is 2.86. The van der Waals surface area contributed by atoms with E-state index in [1.807, 2.05) is 30.3 Å². The number of hydrogen-bond acceptors (Lipinski definition) is 3. The number of carbonyl (C=O) groups is 2. The highest BCUT2D eigenvalue weighted by Crippen LogP contribution is 2.05. The summed E-state index contributed by atoms with van der Waals surface area (Å²) in [6.07, 6.45) is 3.18. The Bertz CT molecular complexity index is 607.